The van der Waals surface area contributed by atoms with Gasteiger partial charge in [0.1, 0.15) is 5.75 Å². The van der Waals surface area contributed by atoms with E-state index >= 15 is 0 Å². The lowest BCUT2D eigenvalue weighted by molar-refractivity contribution is -0.404. The van der Waals surface area contributed by atoms with Crippen LogP contribution in [0, 0.1) is 10.1 Å². The minimum absolute atomic E-state index is 0.158. The van der Waals surface area contributed by atoms with Crippen molar-refractivity contribution in [2.24, 2.45) is 0 Å². The van der Waals surface area contributed by atoms with Crippen molar-refractivity contribution in [3.8, 4) is 5.75 Å². The van der Waals surface area contributed by atoms with E-state index in [1.807, 2.05) is 42.7 Å². The Hall–Kier alpha value is -2.75. The zero-order valence-electron chi connectivity index (χ0n) is 20.3. The Labute approximate surface area is 211 Å². The Morgan fingerprint density at radius 1 is 1.20 bits per heavy atom. The van der Waals surface area contributed by atoms with E-state index in [0.717, 1.165) is 42.0 Å². The minimum atomic E-state index is -0.775. The topological polar surface area (TPSA) is 99.9 Å². The summed E-state index contributed by atoms with van der Waals surface area (Å²) < 4.78 is 5.90. The van der Waals surface area contributed by atoms with E-state index in [0.29, 0.717) is 19.6 Å². The molecule has 8 nitrogen and oxygen atoms in total. The summed E-state index contributed by atoms with van der Waals surface area (Å²) in [5.74, 6) is 1.10. The van der Waals surface area contributed by atoms with Crippen LogP contribution in [0.5, 0.6) is 5.75 Å². The number of hydrogen-bond acceptors (Lipinski definition) is 8. The molecule has 1 aliphatic heterocycles. The number of hydrogen-bond donors (Lipinski definition) is 3. The first kappa shape index (κ1) is 26.8. The molecule has 3 N–H and O–H groups in total. The fourth-order valence-corrected chi connectivity index (χ4v) is 4.41. The Morgan fingerprint density at radius 2 is 1.97 bits per heavy atom. The van der Waals surface area contributed by atoms with Gasteiger partial charge < -0.3 is 20.5 Å². The summed E-state index contributed by atoms with van der Waals surface area (Å²) in [4.78, 5) is 14.1. The van der Waals surface area contributed by atoms with Crippen molar-refractivity contribution >= 4 is 11.8 Å². The minimum Gasteiger partial charge on any atom is -0.494 e. The van der Waals surface area contributed by atoms with E-state index in [2.05, 4.69) is 27.7 Å². The molecule has 3 rings (SSSR count). The molecular formula is C26H36N4O4S. The van der Waals surface area contributed by atoms with Crippen molar-refractivity contribution in [1.29, 1.82) is 0 Å². The Kier molecular flexibility index (Phi) is 11.2. The standard InChI is InChI=1S/C26H36N4O4S/c1-35-24-11-9-22(10-12-24)25(31)18-28-26(20-30(32)33)27-13-6-16-34-23-8-5-7-21(17-23)19-29-14-3-2-4-15-29/h5,7-12,17,20,25,27-28,31H,2-4,6,13-16,18-19H2,1H3/b26-20+. The maximum atomic E-state index is 11.0. The highest BCUT2D eigenvalue weighted by Gasteiger charge is 2.11. The van der Waals surface area contributed by atoms with Gasteiger partial charge in [-0.3, -0.25) is 15.0 Å². The van der Waals surface area contributed by atoms with Crippen molar-refractivity contribution in [3.05, 3.63) is 81.8 Å². The molecule has 1 unspecified atom stereocenters. The van der Waals surface area contributed by atoms with Crippen molar-refractivity contribution < 1.29 is 14.8 Å². The monoisotopic (exact) mass is 500 g/mol. The molecule has 1 atom stereocenters. The van der Waals surface area contributed by atoms with Gasteiger partial charge in [0.15, 0.2) is 5.82 Å². The second kappa shape index (κ2) is 14.6. The van der Waals surface area contributed by atoms with Gasteiger partial charge in [-0.15, -0.1) is 11.8 Å². The second-order valence-electron chi connectivity index (χ2n) is 8.61. The molecule has 0 bridgehead atoms. The molecule has 2 aromatic carbocycles. The van der Waals surface area contributed by atoms with E-state index in [4.69, 9.17) is 4.74 Å². The van der Waals surface area contributed by atoms with E-state index in [-0.39, 0.29) is 12.4 Å². The average Bonchev–Trinajstić information content (AvgIpc) is 2.87. The summed E-state index contributed by atoms with van der Waals surface area (Å²) in [5, 5.41) is 27.4. The summed E-state index contributed by atoms with van der Waals surface area (Å²) in [6.45, 7) is 4.42. The molecule has 9 heteroatoms. The third-order valence-electron chi connectivity index (χ3n) is 5.88. The molecule has 1 heterocycles. The number of nitrogens with zero attached hydrogens (tertiary/aromatic N) is 2. The van der Waals surface area contributed by atoms with Crippen molar-refractivity contribution in [1.82, 2.24) is 15.5 Å². The molecule has 0 aromatic heterocycles. The van der Waals surface area contributed by atoms with Crippen LogP contribution < -0.4 is 15.4 Å². The summed E-state index contributed by atoms with van der Waals surface area (Å²) in [6.07, 6.45) is 6.65. The predicted molar refractivity (Wildman–Crippen MR) is 140 cm³/mol. The molecule has 1 fully saturated rings. The highest BCUT2D eigenvalue weighted by Crippen LogP contribution is 2.19. The molecule has 35 heavy (non-hydrogen) atoms. The van der Waals surface area contributed by atoms with Gasteiger partial charge >= 0.3 is 0 Å². The van der Waals surface area contributed by atoms with Crippen LogP contribution in [-0.2, 0) is 6.54 Å². The summed E-state index contributed by atoms with van der Waals surface area (Å²) >= 11 is 1.63. The number of piperidine rings is 1. The lowest BCUT2D eigenvalue weighted by atomic mass is 10.1. The molecule has 0 spiro atoms. The fourth-order valence-electron chi connectivity index (χ4n) is 4.00. The highest BCUT2D eigenvalue weighted by molar-refractivity contribution is 7.98. The molecular weight excluding hydrogens is 464 g/mol. The number of nitro groups is 1. The van der Waals surface area contributed by atoms with Gasteiger partial charge in [-0.25, -0.2) is 0 Å². The molecule has 1 aliphatic rings. The van der Waals surface area contributed by atoms with E-state index < -0.39 is 11.0 Å². The number of aliphatic hydroxyl groups is 1. The van der Waals surface area contributed by atoms with E-state index in [9.17, 15) is 15.2 Å². The number of thioether (sulfide) groups is 1. The van der Waals surface area contributed by atoms with Crippen LogP contribution in [-0.4, -0.2) is 54.0 Å². The third kappa shape index (κ3) is 9.79. The van der Waals surface area contributed by atoms with Gasteiger partial charge in [-0.2, -0.15) is 0 Å². The highest BCUT2D eigenvalue weighted by atomic mass is 32.2. The normalized spacial score (nSPS) is 15.4. The maximum absolute atomic E-state index is 11.0. The van der Waals surface area contributed by atoms with Crippen molar-refractivity contribution in [3.63, 3.8) is 0 Å². The first-order chi connectivity index (χ1) is 17.0. The molecule has 190 valence electrons. The van der Waals surface area contributed by atoms with Gasteiger partial charge in [0.2, 0.25) is 0 Å². The van der Waals surface area contributed by atoms with Gasteiger partial charge in [0.25, 0.3) is 6.20 Å². The Bertz CT molecular complexity index is 949. The number of benzene rings is 2. The SMILES string of the molecule is CSc1ccc(C(O)CN/C(=C/[N+](=O)[O-])NCCCOc2cccc(CN3CCCCC3)c2)cc1. The molecule has 0 saturated carbocycles. The maximum Gasteiger partial charge on any atom is 0.274 e. The Balaban J connectivity index is 1.39. The lowest BCUT2D eigenvalue weighted by Gasteiger charge is -2.26. The molecule has 2 aromatic rings. The number of nitrogens with one attached hydrogen (secondary N) is 2. The van der Waals surface area contributed by atoms with Crippen LogP contribution in [0.25, 0.3) is 0 Å². The number of ether oxygens (including phenoxy) is 1. The summed E-state index contributed by atoms with van der Waals surface area (Å²) in [6, 6.07) is 15.8. The molecule has 0 radical (unpaired) electrons. The summed E-state index contributed by atoms with van der Waals surface area (Å²) in [7, 11) is 0. The first-order valence-corrected chi connectivity index (χ1v) is 13.3. The van der Waals surface area contributed by atoms with Crippen LogP contribution in [0.15, 0.2) is 65.4 Å². The number of aliphatic hydroxyl groups excluding tert-OH is 1. The zero-order chi connectivity index (χ0) is 24.9. The van der Waals surface area contributed by atoms with Crippen molar-refractivity contribution in [2.45, 2.75) is 43.2 Å². The van der Waals surface area contributed by atoms with Crippen molar-refractivity contribution in [2.75, 3.05) is 39.0 Å². The van der Waals surface area contributed by atoms with Crippen LogP contribution >= 0.6 is 11.8 Å². The molecule has 1 saturated heterocycles. The van der Waals surface area contributed by atoms with Gasteiger partial charge in [-0.1, -0.05) is 30.7 Å². The largest absolute Gasteiger partial charge is 0.494 e. The number of likely N-dealkylation sites (tertiary alicyclic amines) is 1. The van der Waals surface area contributed by atoms with Crippen LogP contribution in [0.4, 0.5) is 0 Å². The van der Waals surface area contributed by atoms with Gasteiger partial charge in [-0.05, 0) is 74.0 Å². The predicted octanol–water partition coefficient (Wildman–Crippen LogP) is 4.15. The summed E-state index contributed by atoms with van der Waals surface area (Å²) in [5.41, 5.74) is 2.01. The lowest BCUT2D eigenvalue weighted by Crippen LogP contribution is -2.31. The Morgan fingerprint density at radius 3 is 2.69 bits per heavy atom. The van der Waals surface area contributed by atoms with E-state index in [1.165, 1.54) is 24.8 Å². The van der Waals surface area contributed by atoms with Gasteiger partial charge in [0, 0.05) is 24.5 Å². The average molecular weight is 501 g/mol. The van der Waals surface area contributed by atoms with Crippen LogP contribution in [0.1, 0.15) is 42.9 Å². The van der Waals surface area contributed by atoms with Gasteiger partial charge in [0.05, 0.1) is 17.6 Å². The second-order valence-corrected chi connectivity index (χ2v) is 9.49. The van der Waals surface area contributed by atoms with E-state index in [1.54, 1.807) is 11.8 Å². The number of rotatable bonds is 14. The van der Waals surface area contributed by atoms with Crippen LogP contribution in [0.2, 0.25) is 0 Å². The van der Waals surface area contributed by atoms with Crippen LogP contribution in [0.3, 0.4) is 0 Å². The third-order valence-corrected chi connectivity index (χ3v) is 6.62. The molecule has 0 amide bonds. The quantitative estimate of drug-likeness (QED) is 0.154. The first-order valence-electron chi connectivity index (χ1n) is 12.1. The fraction of sp³-hybridized carbons (Fsp3) is 0.462. The zero-order valence-corrected chi connectivity index (χ0v) is 21.1. The molecule has 0 aliphatic carbocycles. The smallest absolute Gasteiger partial charge is 0.274 e.